The summed E-state index contributed by atoms with van der Waals surface area (Å²) in [6.45, 7) is 0. The molecule has 0 heterocycles. The molecule has 0 aliphatic heterocycles. The smallest absolute Gasteiger partial charge is 0.335 e. The Morgan fingerprint density at radius 2 is 1.15 bits per heavy atom. The van der Waals surface area contributed by atoms with Gasteiger partial charge in [-0.3, -0.25) is 0 Å². The Bertz CT molecular complexity index is 979. The van der Waals surface area contributed by atoms with E-state index in [-0.39, 0.29) is 11.1 Å². The molecule has 0 spiro atoms. The highest BCUT2D eigenvalue weighted by atomic mass is 79.9. The zero-order valence-electron chi connectivity index (χ0n) is 14.4. The zero-order chi connectivity index (χ0) is 19.4. The van der Waals surface area contributed by atoms with E-state index in [0.29, 0.717) is 24.0 Å². The van der Waals surface area contributed by atoms with Crippen LogP contribution in [0.25, 0.3) is 0 Å². The Labute approximate surface area is 165 Å². The van der Waals surface area contributed by atoms with Gasteiger partial charge in [0.2, 0.25) is 0 Å². The summed E-state index contributed by atoms with van der Waals surface area (Å²) in [5, 5.41) is 19.3. The lowest BCUT2D eigenvalue weighted by atomic mass is 9.91. The van der Waals surface area contributed by atoms with Crippen LogP contribution in [0.2, 0.25) is 0 Å². The van der Waals surface area contributed by atoms with Crippen LogP contribution in [0.15, 0.2) is 71.2 Å². The fourth-order valence-corrected chi connectivity index (χ4v) is 3.28. The summed E-state index contributed by atoms with van der Waals surface area (Å²) < 4.78 is 0.925. The third-order valence-electron chi connectivity index (χ3n) is 4.34. The molecule has 0 fully saturated rings. The summed E-state index contributed by atoms with van der Waals surface area (Å²) >= 11 is 3.37. The molecule has 0 radical (unpaired) electrons. The number of carboxylic acid groups (broad SMARTS) is 2. The standard InChI is InChI=1S/C22H17BrO4/c23-18-8-6-15(7-9-18)11-17-13-19(21(24)25)16(12-20(17)22(26)27)10-14-4-2-1-3-5-14/h1-9,12-13H,10-11H2,(H,24,25)(H,26,27). The van der Waals surface area contributed by atoms with Crippen molar-refractivity contribution in [3.63, 3.8) is 0 Å². The Balaban J connectivity index is 2.05. The van der Waals surface area contributed by atoms with Gasteiger partial charge >= 0.3 is 11.9 Å². The normalized spacial score (nSPS) is 10.6. The Morgan fingerprint density at radius 1 is 0.704 bits per heavy atom. The van der Waals surface area contributed by atoms with Crippen LogP contribution in [0.3, 0.4) is 0 Å². The average molecular weight is 425 g/mol. The minimum atomic E-state index is -1.06. The zero-order valence-corrected chi connectivity index (χ0v) is 15.9. The van der Waals surface area contributed by atoms with Gasteiger partial charge in [0.15, 0.2) is 0 Å². The minimum Gasteiger partial charge on any atom is -0.478 e. The van der Waals surface area contributed by atoms with Gasteiger partial charge in [-0.1, -0.05) is 58.4 Å². The monoisotopic (exact) mass is 424 g/mol. The molecule has 3 aromatic rings. The van der Waals surface area contributed by atoms with Crippen LogP contribution in [-0.2, 0) is 12.8 Å². The predicted molar refractivity (Wildman–Crippen MR) is 107 cm³/mol. The van der Waals surface area contributed by atoms with Crippen molar-refractivity contribution in [3.8, 4) is 0 Å². The van der Waals surface area contributed by atoms with Gasteiger partial charge in [-0.2, -0.15) is 0 Å². The topological polar surface area (TPSA) is 74.6 Å². The molecule has 27 heavy (non-hydrogen) atoms. The van der Waals surface area contributed by atoms with Crippen molar-refractivity contribution in [1.29, 1.82) is 0 Å². The third kappa shape index (κ3) is 4.63. The van der Waals surface area contributed by atoms with Crippen LogP contribution in [0.1, 0.15) is 43.0 Å². The maximum Gasteiger partial charge on any atom is 0.335 e. The molecular weight excluding hydrogens is 408 g/mol. The quantitative estimate of drug-likeness (QED) is 0.581. The van der Waals surface area contributed by atoms with Gasteiger partial charge in [0.05, 0.1) is 11.1 Å². The number of carboxylic acids is 2. The lowest BCUT2D eigenvalue weighted by Crippen LogP contribution is -2.11. The second kappa shape index (κ2) is 8.18. The van der Waals surface area contributed by atoms with E-state index in [2.05, 4.69) is 15.9 Å². The molecule has 3 aromatic carbocycles. The van der Waals surface area contributed by atoms with Crippen molar-refractivity contribution in [2.75, 3.05) is 0 Å². The number of benzene rings is 3. The van der Waals surface area contributed by atoms with Crippen molar-refractivity contribution in [2.45, 2.75) is 12.8 Å². The fourth-order valence-electron chi connectivity index (χ4n) is 3.02. The number of hydrogen-bond donors (Lipinski definition) is 2. The van der Waals surface area contributed by atoms with Gasteiger partial charge in [-0.05, 0) is 59.4 Å². The van der Waals surface area contributed by atoms with Crippen LogP contribution < -0.4 is 0 Å². The highest BCUT2D eigenvalue weighted by Crippen LogP contribution is 2.24. The Kier molecular flexibility index (Phi) is 5.72. The van der Waals surface area contributed by atoms with Crippen LogP contribution in [0, 0.1) is 0 Å². The Hall–Kier alpha value is -2.92. The number of halogens is 1. The molecule has 136 valence electrons. The molecule has 0 atom stereocenters. The molecule has 0 aliphatic rings. The molecule has 0 aromatic heterocycles. The van der Waals surface area contributed by atoms with Crippen molar-refractivity contribution in [2.24, 2.45) is 0 Å². The predicted octanol–water partition coefficient (Wildman–Crippen LogP) is 5.03. The molecular formula is C22H17BrO4. The maximum absolute atomic E-state index is 11.8. The first kappa shape index (κ1) is 18.9. The summed E-state index contributed by atoms with van der Waals surface area (Å²) in [7, 11) is 0. The van der Waals surface area contributed by atoms with E-state index in [0.717, 1.165) is 15.6 Å². The first-order chi connectivity index (χ1) is 12.9. The summed E-state index contributed by atoms with van der Waals surface area (Å²) in [6.07, 6.45) is 0.710. The summed E-state index contributed by atoms with van der Waals surface area (Å²) in [5.74, 6) is -2.12. The number of aromatic carboxylic acids is 2. The van der Waals surface area contributed by atoms with Crippen molar-refractivity contribution in [3.05, 3.63) is 105 Å². The van der Waals surface area contributed by atoms with Crippen LogP contribution in [-0.4, -0.2) is 22.2 Å². The van der Waals surface area contributed by atoms with E-state index in [4.69, 9.17) is 0 Å². The fraction of sp³-hybridized carbons (Fsp3) is 0.0909. The van der Waals surface area contributed by atoms with E-state index in [1.165, 1.54) is 12.1 Å². The van der Waals surface area contributed by atoms with E-state index < -0.39 is 11.9 Å². The average Bonchev–Trinajstić information content (AvgIpc) is 2.65. The highest BCUT2D eigenvalue weighted by molar-refractivity contribution is 9.10. The van der Waals surface area contributed by atoms with Gasteiger partial charge in [0.1, 0.15) is 0 Å². The molecule has 0 saturated heterocycles. The highest BCUT2D eigenvalue weighted by Gasteiger charge is 2.19. The van der Waals surface area contributed by atoms with E-state index in [1.54, 1.807) is 0 Å². The number of rotatable bonds is 6. The van der Waals surface area contributed by atoms with Crippen LogP contribution >= 0.6 is 15.9 Å². The maximum atomic E-state index is 11.8. The minimum absolute atomic E-state index is 0.133. The molecule has 0 aliphatic carbocycles. The van der Waals surface area contributed by atoms with Crippen LogP contribution in [0.4, 0.5) is 0 Å². The number of hydrogen-bond acceptors (Lipinski definition) is 2. The van der Waals surface area contributed by atoms with E-state index >= 15 is 0 Å². The third-order valence-corrected chi connectivity index (χ3v) is 4.86. The summed E-state index contributed by atoms with van der Waals surface area (Å²) in [5.41, 5.74) is 3.08. The van der Waals surface area contributed by atoms with Gasteiger partial charge < -0.3 is 10.2 Å². The molecule has 0 unspecified atom stereocenters. The van der Waals surface area contributed by atoms with Crippen molar-refractivity contribution < 1.29 is 19.8 Å². The van der Waals surface area contributed by atoms with Crippen molar-refractivity contribution in [1.82, 2.24) is 0 Å². The lowest BCUT2D eigenvalue weighted by molar-refractivity contribution is 0.0679. The molecule has 0 amide bonds. The van der Waals surface area contributed by atoms with Gasteiger partial charge in [-0.15, -0.1) is 0 Å². The van der Waals surface area contributed by atoms with Gasteiger partial charge in [-0.25, -0.2) is 9.59 Å². The molecule has 5 heteroatoms. The summed E-state index contributed by atoms with van der Waals surface area (Å²) in [6, 6.07) is 19.9. The van der Waals surface area contributed by atoms with Gasteiger partial charge in [0, 0.05) is 4.47 Å². The SMILES string of the molecule is O=C(O)c1cc(Cc2ccc(Br)cc2)c(C(=O)O)cc1Cc1ccccc1. The molecule has 3 rings (SSSR count). The first-order valence-corrected chi connectivity index (χ1v) is 9.14. The largest absolute Gasteiger partial charge is 0.478 e. The van der Waals surface area contributed by atoms with Gasteiger partial charge in [0.25, 0.3) is 0 Å². The second-order valence-corrected chi connectivity index (χ2v) is 7.16. The first-order valence-electron chi connectivity index (χ1n) is 8.35. The lowest BCUT2D eigenvalue weighted by Gasteiger charge is -2.13. The number of carbonyl (C=O) groups is 2. The molecule has 0 bridgehead atoms. The van der Waals surface area contributed by atoms with E-state index in [9.17, 15) is 19.8 Å². The van der Waals surface area contributed by atoms with Crippen LogP contribution in [0.5, 0.6) is 0 Å². The molecule has 4 nitrogen and oxygen atoms in total. The molecule has 2 N–H and O–H groups in total. The molecule has 0 saturated carbocycles. The summed E-state index contributed by atoms with van der Waals surface area (Å²) in [4.78, 5) is 23.6. The van der Waals surface area contributed by atoms with Crippen molar-refractivity contribution >= 4 is 27.9 Å². The van der Waals surface area contributed by atoms with E-state index in [1.807, 2.05) is 54.6 Å². The second-order valence-electron chi connectivity index (χ2n) is 6.24. The Morgan fingerprint density at radius 3 is 1.59 bits per heavy atom.